The Kier molecular flexibility index (Phi) is 7.87. The van der Waals surface area contributed by atoms with Gasteiger partial charge in [-0.1, -0.05) is 13.3 Å². The van der Waals surface area contributed by atoms with Crippen molar-refractivity contribution in [3.8, 4) is 0 Å². The fourth-order valence-corrected chi connectivity index (χ4v) is 1.57. The van der Waals surface area contributed by atoms with Crippen LogP contribution in [0.15, 0.2) is 0 Å². The van der Waals surface area contributed by atoms with Crippen molar-refractivity contribution < 1.29 is 19.4 Å². The lowest BCUT2D eigenvalue weighted by atomic mass is 10.1. The molecular weight excluding hydrogens is 260 g/mol. The molecule has 1 amide bonds. The predicted octanol–water partition coefficient (Wildman–Crippen LogP) is 2.95. The van der Waals surface area contributed by atoms with Crippen LogP contribution in [-0.2, 0) is 9.53 Å². The van der Waals surface area contributed by atoms with Crippen LogP contribution in [0.4, 0.5) is 4.79 Å². The lowest BCUT2D eigenvalue weighted by Gasteiger charge is -2.22. The maximum atomic E-state index is 11.5. The number of hydrogen-bond acceptors (Lipinski definition) is 4. The summed E-state index contributed by atoms with van der Waals surface area (Å²) in [6.45, 7) is 7.09. The van der Waals surface area contributed by atoms with Crippen LogP contribution in [0, 0.1) is 5.41 Å². The first-order valence-corrected chi connectivity index (χ1v) is 6.94. The summed E-state index contributed by atoms with van der Waals surface area (Å²) in [5.74, 6) is -1.07. The molecule has 116 valence electrons. The highest BCUT2D eigenvalue weighted by molar-refractivity contribution is 5.81. The zero-order chi connectivity index (χ0) is 15.8. The fourth-order valence-electron chi connectivity index (χ4n) is 1.57. The monoisotopic (exact) mass is 286 g/mol. The first kappa shape index (κ1) is 18.4. The van der Waals surface area contributed by atoms with Crippen LogP contribution in [0.25, 0.3) is 0 Å². The van der Waals surface area contributed by atoms with Crippen molar-refractivity contribution in [3.63, 3.8) is 0 Å². The molecule has 0 fully saturated rings. The van der Waals surface area contributed by atoms with Gasteiger partial charge >= 0.3 is 12.1 Å². The number of aliphatic carboxylic acids is 1. The molecule has 0 aliphatic heterocycles. The predicted molar refractivity (Wildman–Crippen MR) is 77.3 cm³/mol. The molecule has 0 saturated carbocycles. The van der Waals surface area contributed by atoms with E-state index in [2.05, 4.69) is 5.32 Å². The second-order valence-electron chi connectivity index (χ2n) is 5.74. The highest BCUT2D eigenvalue weighted by atomic mass is 16.6. The Hall–Kier alpha value is -1.59. The average Bonchev–Trinajstić information content (AvgIpc) is 2.29. The summed E-state index contributed by atoms with van der Waals surface area (Å²) in [7, 11) is 0. The molecule has 0 spiro atoms. The average molecular weight is 286 g/mol. The number of amides is 1. The van der Waals surface area contributed by atoms with Crippen LogP contribution < -0.4 is 5.32 Å². The largest absolute Gasteiger partial charge is 0.480 e. The molecule has 6 nitrogen and oxygen atoms in total. The number of carbonyl (C=O) groups is 2. The first-order valence-electron chi connectivity index (χ1n) is 6.94. The smallest absolute Gasteiger partial charge is 0.408 e. The Morgan fingerprint density at radius 1 is 1.30 bits per heavy atom. The molecular formula is C14H26N2O4. The molecule has 0 aromatic rings. The lowest BCUT2D eigenvalue weighted by Crippen LogP contribution is -2.43. The quantitative estimate of drug-likeness (QED) is 0.472. The van der Waals surface area contributed by atoms with Crippen molar-refractivity contribution in [3.05, 3.63) is 0 Å². The van der Waals surface area contributed by atoms with E-state index >= 15 is 0 Å². The van der Waals surface area contributed by atoms with Gasteiger partial charge < -0.3 is 20.6 Å². The first-order chi connectivity index (χ1) is 9.15. The minimum atomic E-state index is -1.07. The fraction of sp³-hybridized carbons (Fsp3) is 0.786. The minimum Gasteiger partial charge on any atom is -0.480 e. The van der Waals surface area contributed by atoms with Gasteiger partial charge in [0.25, 0.3) is 0 Å². The van der Waals surface area contributed by atoms with Gasteiger partial charge in [0, 0.05) is 5.71 Å². The molecule has 0 bridgehead atoms. The lowest BCUT2D eigenvalue weighted by molar-refractivity contribution is -0.139. The number of nitrogens with one attached hydrogen (secondary N) is 2. The zero-order valence-electron chi connectivity index (χ0n) is 12.8. The van der Waals surface area contributed by atoms with Crippen LogP contribution >= 0.6 is 0 Å². The van der Waals surface area contributed by atoms with Gasteiger partial charge in [0.05, 0.1) is 0 Å². The van der Waals surface area contributed by atoms with Gasteiger partial charge in [-0.05, 0) is 46.5 Å². The van der Waals surface area contributed by atoms with Crippen molar-refractivity contribution >= 4 is 17.8 Å². The molecule has 0 unspecified atom stereocenters. The maximum absolute atomic E-state index is 11.5. The number of rotatable bonds is 8. The molecule has 0 aromatic carbocycles. The summed E-state index contributed by atoms with van der Waals surface area (Å²) in [6, 6.07) is -0.944. The van der Waals surface area contributed by atoms with E-state index in [-0.39, 0.29) is 0 Å². The third-order valence-electron chi connectivity index (χ3n) is 2.64. The van der Waals surface area contributed by atoms with Crippen LogP contribution in [-0.4, -0.2) is 34.5 Å². The van der Waals surface area contributed by atoms with E-state index in [4.69, 9.17) is 15.3 Å². The van der Waals surface area contributed by atoms with Gasteiger partial charge in [-0.15, -0.1) is 0 Å². The standard InChI is InChI=1S/C14H26N2O4/c1-5-10(15)8-6-7-9-11(12(17)18)16-13(19)20-14(2,3)4/h11,15H,5-9H2,1-4H3,(H,16,19)(H,17,18)/t11-/m0/s1. The van der Waals surface area contributed by atoms with E-state index in [9.17, 15) is 9.59 Å². The SMILES string of the molecule is CCC(=N)CCCC[C@H](NC(=O)OC(C)(C)C)C(=O)O. The van der Waals surface area contributed by atoms with Crippen molar-refractivity contribution in [1.29, 1.82) is 5.41 Å². The highest BCUT2D eigenvalue weighted by Gasteiger charge is 2.23. The Balaban J connectivity index is 4.15. The van der Waals surface area contributed by atoms with Crippen molar-refractivity contribution in [2.24, 2.45) is 0 Å². The number of carbonyl (C=O) groups excluding carboxylic acids is 1. The number of carboxylic acids is 1. The third-order valence-corrected chi connectivity index (χ3v) is 2.64. The summed E-state index contributed by atoms with van der Waals surface area (Å²) in [6.07, 6.45) is 2.42. The van der Waals surface area contributed by atoms with E-state index in [0.29, 0.717) is 25.0 Å². The Morgan fingerprint density at radius 3 is 2.35 bits per heavy atom. The summed E-state index contributed by atoms with van der Waals surface area (Å²) < 4.78 is 5.03. The van der Waals surface area contributed by atoms with Gasteiger partial charge in [-0.2, -0.15) is 0 Å². The number of carboxylic acid groups (broad SMARTS) is 1. The topological polar surface area (TPSA) is 99.5 Å². The van der Waals surface area contributed by atoms with Crippen molar-refractivity contribution in [2.45, 2.75) is 71.4 Å². The van der Waals surface area contributed by atoms with Gasteiger partial charge in [-0.25, -0.2) is 9.59 Å². The maximum Gasteiger partial charge on any atom is 0.408 e. The number of alkyl carbamates (subject to hydrolysis) is 1. The minimum absolute atomic E-state index is 0.339. The second-order valence-corrected chi connectivity index (χ2v) is 5.74. The molecule has 0 aliphatic carbocycles. The molecule has 0 saturated heterocycles. The summed E-state index contributed by atoms with van der Waals surface area (Å²) >= 11 is 0. The Labute approximate surface area is 120 Å². The molecule has 0 aromatic heterocycles. The Morgan fingerprint density at radius 2 is 1.90 bits per heavy atom. The van der Waals surface area contributed by atoms with Crippen LogP contribution in [0.3, 0.4) is 0 Å². The number of ether oxygens (including phenoxy) is 1. The van der Waals surface area contributed by atoms with Gasteiger partial charge in [-0.3, -0.25) is 0 Å². The number of unbranched alkanes of at least 4 members (excludes halogenated alkanes) is 1. The van der Waals surface area contributed by atoms with E-state index in [1.54, 1.807) is 20.8 Å². The molecule has 6 heteroatoms. The molecule has 0 aliphatic rings. The summed E-state index contributed by atoms with van der Waals surface area (Å²) in [4.78, 5) is 22.6. The van der Waals surface area contributed by atoms with Gasteiger partial charge in [0.2, 0.25) is 0 Å². The van der Waals surface area contributed by atoms with Crippen LogP contribution in [0.5, 0.6) is 0 Å². The van der Waals surface area contributed by atoms with E-state index in [1.807, 2.05) is 6.92 Å². The Bertz CT molecular complexity index is 348. The molecule has 3 N–H and O–H groups in total. The van der Waals surface area contributed by atoms with Crippen LogP contribution in [0.2, 0.25) is 0 Å². The van der Waals surface area contributed by atoms with Crippen molar-refractivity contribution in [2.75, 3.05) is 0 Å². The zero-order valence-corrected chi connectivity index (χ0v) is 12.8. The normalized spacial score (nSPS) is 12.6. The third kappa shape index (κ3) is 9.35. The molecule has 0 rings (SSSR count). The second kappa shape index (κ2) is 8.55. The van der Waals surface area contributed by atoms with E-state index < -0.39 is 23.7 Å². The number of hydrogen-bond donors (Lipinski definition) is 3. The molecule has 0 heterocycles. The van der Waals surface area contributed by atoms with Gasteiger partial charge in [0.15, 0.2) is 0 Å². The summed E-state index contributed by atoms with van der Waals surface area (Å²) in [5, 5.41) is 18.9. The molecule has 0 radical (unpaired) electrons. The van der Waals surface area contributed by atoms with Crippen LogP contribution in [0.1, 0.15) is 59.8 Å². The molecule has 20 heavy (non-hydrogen) atoms. The van der Waals surface area contributed by atoms with Crippen molar-refractivity contribution in [1.82, 2.24) is 5.32 Å². The van der Waals surface area contributed by atoms with Gasteiger partial charge in [0.1, 0.15) is 11.6 Å². The van der Waals surface area contributed by atoms with E-state index in [0.717, 1.165) is 12.8 Å². The van der Waals surface area contributed by atoms with E-state index in [1.165, 1.54) is 0 Å². The summed E-state index contributed by atoms with van der Waals surface area (Å²) in [5.41, 5.74) is 0.0144. The highest BCUT2D eigenvalue weighted by Crippen LogP contribution is 2.09. The molecule has 1 atom stereocenters.